The first-order valence-corrected chi connectivity index (χ1v) is 12.3. The lowest BCUT2D eigenvalue weighted by Crippen LogP contribution is -2.39. The van der Waals surface area contributed by atoms with Gasteiger partial charge in [0.1, 0.15) is 0 Å². The molecule has 6 nitrogen and oxygen atoms in total. The van der Waals surface area contributed by atoms with Crippen molar-refractivity contribution >= 4 is 21.6 Å². The van der Waals surface area contributed by atoms with Crippen LogP contribution < -0.4 is 10.6 Å². The number of nitrogens with one attached hydrogen (secondary N) is 2. The van der Waals surface area contributed by atoms with Crippen molar-refractivity contribution in [2.24, 2.45) is 0 Å². The van der Waals surface area contributed by atoms with E-state index in [-0.39, 0.29) is 16.8 Å². The molecule has 0 bridgehead atoms. The number of carbonyl (C=O) groups is 1. The molecule has 0 saturated heterocycles. The van der Waals surface area contributed by atoms with Crippen molar-refractivity contribution in [2.45, 2.75) is 37.8 Å². The summed E-state index contributed by atoms with van der Waals surface area (Å²) in [6.45, 7) is 5.63. The Morgan fingerprint density at radius 2 is 1.48 bits per heavy atom. The molecule has 0 unspecified atom stereocenters. The Balaban J connectivity index is 1.67. The molecule has 1 amide bonds. The van der Waals surface area contributed by atoms with Crippen LogP contribution in [0.15, 0.2) is 77.7 Å². The van der Waals surface area contributed by atoms with Gasteiger partial charge in [-0.15, -0.1) is 0 Å². The number of sulfonamides is 1. The number of amides is 1. The quantitative estimate of drug-likeness (QED) is 0.510. The van der Waals surface area contributed by atoms with E-state index in [1.165, 1.54) is 20.2 Å². The van der Waals surface area contributed by atoms with E-state index in [9.17, 15) is 13.2 Å². The van der Waals surface area contributed by atoms with Crippen molar-refractivity contribution in [3.05, 3.63) is 83.9 Å². The van der Waals surface area contributed by atoms with Crippen molar-refractivity contribution in [1.29, 1.82) is 0 Å². The second-order valence-electron chi connectivity index (χ2n) is 8.35. The van der Waals surface area contributed by atoms with Crippen LogP contribution in [0.2, 0.25) is 0 Å². The molecule has 0 heterocycles. The summed E-state index contributed by atoms with van der Waals surface area (Å²) in [6, 6.07) is 22.7. The zero-order chi connectivity index (χ0) is 24.2. The summed E-state index contributed by atoms with van der Waals surface area (Å²) in [5.41, 5.74) is 4.64. The number of anilines is 1. The van der Waals surface area contributed by atoms with Gasteiger partial charge in [-0.25, -0.2) is 12.7 Å². The van der Waals surface area contributed by atoms with Crippen molar-refractivity contribution in [2.75, 3.05) is 19.4 Å². The highest BCUT2D eigenvalue weighted by Crippen LogP contribution is 2.24. The van der Waals surface area contributed by atoms with E-state index in [0.29, 0.717) is 5.69 Å². The van der Waals surface area contributed by atoms with Gasteiger partial charge in [-0.05, 0) is 55.2 Å². The molecule has 0 aliphatic heterocycles. The van der Waals surface area contributed by atoms with Crippen LogP contribution in [0.3, 0.4) is 0 Å². The van der Waals surface area contributed by atoms with Gasteiger partial charge in [-0.1, -0.05) is 60.7 Å². The molecule has 0 aliphatic carbocycles. The minimum Gasteiger partial charge on any atom is -0.324 e. The zero-order valence-corrected chi connectivity index (χ0v) is 20.5. The van der Waals surface area contributed by atoms with Gasteiger partial charge in [0.15, 0.2) is 0 Å². The van der Waals surface area contributed by atoms with Crippen LogP contribution in [-0.4, -0.2) is 38.8 Å². The summed E-state index contributed by atoms with van der Waals surface area (Å²) in [5, 5.41) is 6.18. The number of hydrogen-bond donors (Lipinski definition) is 2. The number of aryl methyl sites for hydroxylation is 1. The first-order chi connectivity index (χ1) is 15.6. The average molecular weight is 466 g/mol. The lowest BCUT2D eigenvalue weighted by Gasteiger charge is -2.21. The Hall–Kier alpha value is -3.00. The summed E-state index contributed by atoms with van der Waals surface area (Å²) in [7, 11) is -0.626. The van der Waals surface area contributed by atoms with Crippen LogP contribution in [0.1, 0.15) is 31.0 Å². The lowest BCUT2D eigenvalue weighted by molar-refractivity contribution is -0.117. The molecule has 3 aromatic rings. The van der Waals surface area contributed by atoms with Gasteiger partial charge in [0.25, 0.3) is 0 Å². The number of nitrogens with zero attached hydrogens (tertiary/aromatic N) is 1. The predicted molar refractivity (Wildman–Crippen MR) is 134 cm³/mol. The maximum absolute atomic E-state index is 12.8. The summed E-state index contributed by atoms with van der Waals surface area (Å²) in [4.78, 5) is 13.0. The minimum absolute atomic E-state index is 0.0443. The average Bonchev–Trinajstić information content (AvgIpc) is 2.80. The third-order valence-corrected chi connectivity index (χ3v) is 7.47. The van der Waals surface area contributed by atoms with Gasteiger partial charge in [-0.3, -0.25) is 10.1 Å². The molecule has 0 aromatic heterocycles. The highest BCUT2D eigenvalue weighted by atomic mass is 32.2. The molecule has 2 atom stereocenters. The Bertz CT molecular complexity index is 1210. The Labute approximate surface area is 196 Å². The maximum atomic E-state index is 12.8. The molecular weight excluding hydrogens is 434 g/mol. The summed E-state index contributed by atoms with van der Waals surface area (Å²) >= 11 is 0. The van der Waals surface area contributed by atoms with Crippen LogP contribution in [0.4, 0.5) is 5.69 Å². The monoisotopic (exact) mass is 465 g/mol. The summed E-state index contributed by atoms with van der Waals surface area (Å²) in [5.74, 6) is -0.231. The SMILES string of the molecule is Cc1ccc(S(=O)(=O)N(C)C)cc1NC(=O)[C@H](C)N[C@H](C)c1ccc(-c2ccccc2)cc1. The third-order valence-electron chi connectivity index (χ3n) is 5.66. The highest BCUT2D eigenvalue weighted by Gasteiger charge is 2.21. The van der Waals surface area contributed by atoms with Crippen LogP contribution in [-0.2, 0) is 14.8 Å². The molecule has 0 saturated carbocycles. The Kier molecular flexibility index (Phi) is 7.68. The largest absolute Gasteiger partial charge is 0.324 e. The van der Waals surface area contributed by atoms with Gasteiger partial charge < -0.3 is 5.32 Å². The highest BCUT2D eigenvalue weighted by molar-refractivity contribution is 7.89. The van der Waals surface area contributed by atoms with Crippen LogP contribution in [0.5, 0.6) is 0 Å². The predicted octanol–water partition coefficient (Wildman–Crippen LogP) is 4.59. The molecule has 7 heteroatoms. The fourth-order valence-electron chi connectivity index (χ4n) is 3.49. The zero-order valence-electron chi connectivity index (χ0n) is 19.7. The first kappa shape index (κ1) is 24.6. The number of benzene rings is 3. The lowest BCUT2D eigenvalue weighted by atomic mass is 10.0. The standard InChI is InChI=1S/C26H31N3O3S/c1-18-11-16-24(33(31,32)29(4)5)17-25(18)28-26(30)20(3)27-19(2)21-12-14-23(15-13-21)22-9-7-6-8-10-22/h6-17,19-20,27H,1-5H3,(H,28,30)/t19-,20+/m1/s1. The molecule has 174 valence electrons. The molecule has 0 fully saturated rings. The van der Waals surface area contributed by atoms with Crippen LogP contribution in [0.25, 0.3) is 11.1 Å². The van der Waals surface area contributed by atoms with E-state index in [1.807, 2.05) is 32.0 Å². The minimum atomic E-state index is -3.58. The number of carbonyl (C=O) groups excluding carboxylic acids is 1. The van der Waals surface area contributed by atoms with Gasteiger partial charge in [0.05, 0.1) is 10.9 Å². The van der Waals surface area contributed by atoms with Gasteiger partial charge >= 0.3 is 0 Å². The molecule has 0 spiro atoms. The molecule has 0 radical (unpaired) electrons. The van der Waals surface area contributed by atoms with Crippen molar-refractivity contribution in [3.63, 3.8) is 0 Å². The number of rotatable bonds is 8. The Morgan fingerprint density at radius 1 is 0.879 bits per heavy atom. The fraction of sp³-hybridized carbons (Fsp3) is 0.269. The fourth-order valence-corrected chi connectivity index (χ4v) is 4.42. The van der Waals surface area contributed by atoms with E-state index < -0.39 is 16.1 Å². The van der Waals surface area contributed by atoms with Crippen LogP contribution in [0, 0.1) is 6.92 Å². The Morgan fingerprint density at radius 3 is 2.09 bits per heavy atom. The van der Waals surface area contributed by atoms with Gasteiger partial charge in [0, 0.05) is 25.8 Å². The van der Waals surface area contributed by atoms with Crippen molar-refractivity contribution in [3.8, 4) is 11.1 Å². The normalized spacial score (nSPS) is 13.5. The molecule has 33 heavy (non-hydrogen) atoms. The third kappa shape index (κ3) is 5.87. The second-order valence-corrected chi connectivity index (χ2v) is 10.5. The summed E-state index contributed by atoms with van der Waals surface area (Å²) in [6.07, 6.45) is 0. The molecule has 2 N–H and O–H groups in total. The molecule has 3 aromatic carbocycles. The van der Waals surface area contributed by atoms with E-state index in [4.69, 9.17) is 0 Å². The van der Waals surface area contributed by atoms with E-state index in [1.54, 1.807) is 19.1 Å². The van der Waals surface area contributed by atoms with Gasteiger partial charge in [-0.2, -0.15) is 0 Å². The second kappa shape index (κ2) is 10.3. The van der Waals surface area contributed by atoms with Crippen molar-refractivity contribution < 1.29 is 13.2 Å². The van der Waals surface area contributed by atoms with E-state index in [0.717, 1.165) is 26.6 Å². The topological polar surface area (TPSA) is 78.5 Å². The maximum Gasteiger partial charge on any atom is 0.242 e. The summed E-state index contributed by atoms with van der Waals surface area (Å²) < 4.78 is 26.0. The van der Waals surface area contributed by atoms with Crippen molar-refractivity contribution in [1.82, 2.24) is 9.62 Å². The smallest absolute Gasteiger partial charge is 0.242 e. The van der Waals surface area contributed by atoms with Gasteiger partial charge in [0.2, 0.25) is 15.9 Å². The van der Waals surface area contributed by atoms with E-state index in [2.05, 4.69) is 47.0 Å². The molecular formula is C26H31N3O3S. The molecule has 3 rings (SSSR count). The molecule has 0 aliphatic rings. The van der Waals surface area contributed by atoms with E-state index >= 15 is 0 Å². The first-order valence-electron chi connectivity index (χ1n) is 10.8. The van der Waals surface area contributed by atoms with Crippen LogP contribution >= 0.6 is 0 Å². The number of hydrogen-bond acceptors (Lipinski definition) is 4.